The number of likely N-dealkylation sites (tertiary alicyclic amines) is 1. The van der Waals surface area contributed by atoms with Crippen molar-refractivity contribution in [1.82, 2.24) is 14.7 Å². The lowest BCUT2D eigenvalue weighted by Gasteiger charge is -2.32. The lowest BCUT2D eigenvalue weighted by molar-refractivity contribution is 0.0851. The van der Waals surface area contributed by atoms with Crippen molar-refractivity contribution in [2.75, 3.05) is 18.4 Å². The molecule has 1 N–H and O–H groups in total. The summed E-state index contributed by atoms with van der Waals surface area (Å²) < 4.78 is 1.82. The third-order valence-electron chi connectivity index (χ3n) is 4.71. The maximum absolute atomic E-state index is 12.7. The minimum absolute atomic E-state index is 0.120. The molecule has 26 heavy (non-hydrogen) atoms. The molecule has 6 nitrogen and oxygen atoms in total. The maximum atomic E-state index is 12.7. The first-order valence-electron chi connectivity index (χ1n) is 9.28. The van der Waals surface area contributed by atoms with Gasteiger partial charge < -0.3 is 4.90 Å². The number of anilines is 1. The number of amides is 2. The van der Waals surface area contributed by atoms with E-state index in [0.717, 1.165) is 37.1 Å². The highest BCUT2D eigenvalue weighted by Crippen LogP contribution is 2.22. The van der Waals surface area contributed by atoms with Crippen molar-refractivity contribution in [2.24, 2.45) is 5.92 Å². The summed E-state index contributed by atoms with van der Waals surface area (Å²) >= 11 is 0. The molecule has 3 rings (SSSR count). The van der Waals surface area contributed by atoms with Gasteiger partial charge in [-0.3, -0.25) is 10.1 Å². The van der Waals surface area contributed by atoms with Crippen molar-refractivity contribution in [3.05, 3.63) is 47.7 Å². The SMILES string of the molecule is CCCn1nc(C)cc1NC(=O)N1CCC[C@H](C(=O)c2ccccc2)C1. The minimum Gasteiger partial charge on any atom is -0.324 e. The van der Waals surface area contributed by atoms with Crippen LogP contribution in [0.4, 0.5) is 10.6 Å². The van der Waals surface area contributed by atoms with E-state index in [1.807, 2.05) is 48.0 Å². The highest BCUT2D eigenvalue weighted by atomic mass is 16.2. The van der Waals surface area contributed by atoms with Crippen LogP contribution in [0.1, 0.15) is 42.2 Å². The van der Waals surface area contributed by atoms with E-state index in [9.17, 15) is 9.59 Å². The molecule has 1 atom stereocenters. The Bertz CT molecular complexity index is 769. The molecular weight excluding hydrogens is 328 g/mol. The Morgan fingerprint density at radius 3 is 2.77 bits per heavy atom. The van der Waals surface area contributed by atoms with Crippen molar-refractivity contribution in [1.29, 1.82) is 0 Å². The number of nitrogens with one attached hydrogen (secondary N) is 1. The largest absolute Gasteiger partial charge is 0.324 e. The van der Waals surface area contributed by atoms with Crippen LogP contribution in [-0.2, 0) is 6.54 Å². The van der Waals surface area contributed by atoms with Gasteiger partial charge in [0.05, 0.1) is 5.69 Å². The summed E-state index contributed by atoms with van der Waals surface area (Å²) in [5.41, 5.74) is 1.60. The van der Waals surface area contributed by atoms with Gasteiger partial charge in [0.15, 0.2) is 5.78 Å². The van der Waals surface area contributed by atoms with E-state index in [4.69, 9.17) is 0 Å². The molecule has 2 amide bonds. The molecule has 0 unspecified atom stereocenters. The van der Waals surface area contributed by atoms with Crippen LogP contribution < -0.4 is 5.32 Å². The van der Waals surface area contributed by atoms with Crippen molar-refractivity contribution >= 4 is 17.6 Å². The number of hydrogen-bond acceptors (Lipinski definition) is 3. The summed E-state index contributed by atoms with van der Waals surface area (Å²) in [5.74, 6) is 0.694. The van der Waals surface area contributed by atoms with E-state index in [2.05, 4.69) is 17.3 Å². The zero-order chi connectivity index (χ0) is 18.5. The van der Waals surface area contributed by atoms with Gasteiger partial charge in [-0.15, -0.1) is 0 Å². The molecule has 1 saturated heterocycles. The minimum atomic E-state index is -0.159. The molecule has 138 valence electrons. The zero-order valence-electron chi connectivity index (χ0n) is 15.4. The Morgan fingerprint density at radius 1 is 1.27 bits per heavy atom. The van der Waals surface area contributed by atoms with Crippen molar-refractivity contribution < 1.29 is 9.59 Å². The van der Waals surface area contributed by atoms with E-state index in [-0.39, 0.29) is 17.7 Å². The Labute approximate surface area is 154 Å². The highest BCUT2D eigenvalue weighted by molar-refractivity contribution is 5.98. The van der Waals surface area contributed by atoms with Crippen LogP contribution in [0.15, 0.2) is 36.4 Å². The van der Waals surface area contributed by atoms with E-state index >= 15 is 0 Å². The quantitative estimate of drug-likeness (QED) is 0.832. The Kier molecular flexibility index (Phi) is 5.71. The fraction of sp³-hybridized carbons (Fsp3) is 0.450. The number of aryl methyl sites for hydroxylation is 2. The second-order valence-electron chi connectivity index (χ2n) is 6.84. The summed E-state index contributed by atoms with van der Waals surface area (Å²) in [5, 5.41) is 7.37. The van der Waals surface area contributed by atoms with Gasteiger partial charge in [-0.1, -0.05) is 37.3 Å². The predicted molar refractivity (Wildman–Crippen MR) is 101 cm³/mol. The van der Waals surface area contributed by atoms with Crippen LogP contribution in [-0.4, -0.2) is 39.6 Å². The van der Waals surface area contributed by atoms with Gasteiger partial charge in [-0.2, -0.15) is 5.10 Å². The van der Waals surface area contributed by atoms with Gasteiger partial charge in [0, 0.05) is 37.2 Å². The Morgan fingerprint density at radius 2 is 2.04 bits per heavy atom. The summed E-state index contributed by atoms with van der Waals surface area (Å²) in [4.78, 5) is 27.1. The molecule has 0 saturated carbocycles. The molecule has 0 bridgehead atoms. The molecule has 1 aliphatic heterocycles. The first kappa shape index (κ1) is 18.2. The molecule has 1 fully saturated rings. The van der Waals surface area contributed by atoms with Crippen molar-refractivity contribution in [3.63, 3.8) is 0 Å². The van der Waals surface area contributed by atoms with E-state index in [1.54, 1.807) is 4.90 Å². The van der Waals surface area contributed by atoms with E-state index < -0.39 is 0 Å². The second-order valence-corrected chi connectivity index (χ2v) is 6.84. The third-order valence-corrected chi connectivity index (χ3v) is 4.71. The number of hydrogen-bond donors (Lipinski definition) is 1. The van der Waals surface area contributed by atoms with Crippen LogP contribution in [0.3, 0.4) is 0 Å². The van der Waals surface area contributed by atoms with E-state index in [1.165, 1.54) is 0 Å². The highest BCUT2D eigenvalue weighted by Gasteiger charge is 2.29. The normalized spacial score (nSPS) is 17.2. The first-order valence-corrected chi connectivity index (χ1v) is 9.28. The van der Waals surface area contributed by atoms with Crippen LogP contribution in [0.2, 0.25) is 0 Å². The number of carbonyl (C=O) groups excluding carboxylic acids is 2. The fourth-order valence-electron chi connectivity index (χ4n) is 3.43. The Hall–Kier alpha value is -2.63. The molecular formula is C20H26N4O2. The van der Waals surface area contributed by atoms with Gasteiger partial charge in [-0.25, -0.2) is 9.48 Å². The van der Waals surface area contributed by atoms with Crippen LogP contribution in [0.25, 0.3) is 0 Å². The number of carbonyl (C=O) groups is 2. The molecule has 2 aromatic rings. The van der Waals surface area contributed by atoms with Crippen molar-refractivity contribution in [2.45, 2.75) is 39.7 Å². The smallest absolute Gasteiger partial charge is 0.323 e. The summed E-state index contributed by atoms with van der Waals surface area (Å²) in [6, 6.07) is 11.0. The molecule has 1 aromatic heterocycles. The lowest BCUT2D eigenvalue weighted by atomic mass is 9.90. The zero-order valence-corrected chi connectivity index (χ0v) is 15.4. The number of nitrogens with zero attached hydrogens (tertiary/aromatic N) is 3. The van der Waals surface area contributed by atoms with Gasteiger partial charge in [0.1, 0.15) is 5.82 Å². The monoisotopic (exact) mass is 354 g/mol. The number of urea groups is 1. The average molecular weight is 354 g/mol. The lowest BCUT2D eigenvalue weighted by Crippen LogP contribution is -2.44. The van der Waals surface area contributed by atoms with Crippen LogP contribution in [0, 0.1) is 12.8 Å². The van der Waals surface area contributed by atoms with E-state index in [0.29, 0.717) is 18.9 Å². The summed E-state index contributed by atoms with van der Waals surface area (Å²) in [6.45, 7) is 5.88. The Balaban J connectivity index is 1.66. The number of piperidine rings is 1. The fourth-order valence-corrected chi connectivity index (χ4v) is 3.43. The molecule has 0 radical (unpaired) electrons. The molecule has 6 heteroatoms. The van der Waals surface area contributed by atoms with Gasteiger partial charge in [0.2, 0.25) is 0 Å². The number of benzene rings is 1. The standard InChI is InChI=1S/C20H26N4O2/c1-3-11-24-18(13-15(2)22-24)21-20(26)23-12-7-10-17(14-23)19(25)16-8-5-4-6-9-16/h4-6,8-9,13,17H,3,7,10-12,14H2,1-2H3,(H,21,26)/t17-/m0/s1. The summed E-state index contributed by atoms with van der Waals surface area (Å²) in [6.07, 6.45) is 2.61. The van der Waals surface area contributed by atoms with Crippen LogP contribution in [0.5, 0.6) is 0 Å². The molecule has 1 aliphatic rings. The van der Waals surface area contributed by atoms with Crippen LogP contribution >= 0.6 is 0 Å². The second kappa shape index (κ2) is 8.17. The number of Topliss-reactive ketones (excluding diaryl/α,β-unsaturated/α-hetero) is 1. The maximum Gasteiger partial charge on any atom is 0.323 e. The number of rotatable bonds is 5. The van der Waals surface area contributed by atoms with Gasteiger partial charge in [-0.05, 0) is 26.2 Å². The third kappa shape index (κ3) is 4.12. The average Bonchev–Trinajstić information content (AvgIpc) is 3.01. The number of aromatic nitrogens is 2. The first-order chi connectivity index (χ1) is 12.6. The van der Waals surface area contributed by atoms with Crippen molar-refractivity contribution in [3.8, 4) is 0 Å². The molecule has 0 spiro atoms. The summed E-state index contributed by atoms with van der Waals surface area (Å²) in [7, 11) is 0. The topological polar surface area (TPSA) is 67.2 Å². The predicted octanol–water partition coefficient (Wildman–Crippen LogP) is 3.73. The molecule has 1 aromatic carbocycles. The number of ketones is 1. The molecule has 0 aliphatic carbocycles. The van der Waals surface area contributed by atoms with Gasteiger partial charge >= 0.3 is 6.03 Å². The van der Waals surface area contributed by atoms with Gasteiger partial charge in [0.25, 0.3) is 0 Å². The molecule has 2 heterocycles.